The summed E-state index contributed by atoms with van der Waals surface area (Å²) in [6.07, 6.45) is 1.73. The maximum atomic E-state index is 5.63. The summed E-state index contributed by atoms with van der Waals surface area (Å²) < 4.78 is 6.59. The molecule has 0 spiro atoms. The fraction of sp³-hybridized carbons (Fsp3) is 0. The number of benzene rings is 1. The van der Waals surface area contributed by atoms with Crippen molar-refractivity contribution in [3.63, 3.8) is 0 Å². The highest BCUT2D eigenvalue weighted by atomic mass is 79.9. The molecule has 0 aliphatic carbocycles. The van der Waals surface area contributed by atoms with Gasteiger partial charge in [0.05, 0.1) is 4.47 Å². The summed E-state index contributed by atoms with van der Waals surface area (Å²) in [7, 11) is 0. The van der Waals surface area contributed by atoms with Crippen LogP contribution < -0.4 is 0 Å². The Labute approximate surface area is 88.7 Å². The fourth-order valence-corrected chi connectivity index (χ4v) is 2.05. The number of nitrogens with zero attached hydrogens (tertiary/aromatic N) is 1. The van der Waals surface area contributed by atoms with Gasteiger partial charge < -0.3 is 4.42 Å². The third-order valence-corrected chi connectivity index (χ3v) is 2.85. The topological polar surface area (TPSA) is 26.0 Å². The number of rotatable bonds is 0. The molecule has 0 aliphatic heterocycles. The van der Waals surface area contributed by atoms with Gasteiger partial charge in [-0.1, -0.05) is 12.1 Å². The summed E-state index contributed by atoms with van der Waals surface area (Å²) in [6.45, 7) is 0. The molecule has 0 aliphatic rings. The number of pyridine rings is 1. The number of furan rings is 1. The van der Waals surface area contributed by atoms with Gasteiger partial charge in [0, 0.05) is 17.0 Å². The third kappa shape index (κ3) is 0.990. The van der Waals surface area contributed by atoms with Crippen LogP contribution in [0.2, 0.25) is 0 Å². The van der Waals surface area contributed by atoms with Crippen molar-refractivity contribution in [3.05, 3.63) is 41.0 Å². The zero-order valence-corrected chi connectivity index (χ0v) is 8.78. The van der Waals surface area contributed by atoms with Crippen LogP contribution in [0.15, 0.2) is 45.4 Å². The number of halogens is 1. The minimum atomic E-state index is 0.689. The molecule has 68 valence electrons. The van der Waals surface area contributed by atoms with Crippen molar-refractivity contribution in [2.24, 2.45) is 0 Å². The van der Waals surface area contributed by atoms with Crippen LogP contribution in [0.5, 0.6) is 0 Å². The van der Waals surface area contributed by atoms with Gasteiger partial charge in [0.2, 0.25) is 5.71 Å². The minimum Gasteiger partial charge on any atom is -0.437 e. The molecule has 2 nitrogen and oxygen atoms in total. The number of fused-ring (bicyclic) bond motifs is 3. The number of para-hydroxylation sites is 1. The van der Waals surface area contributed by atoms with Crippen LogP contribution in [-0.4, -0.2) is 4.98 Å². The smallest absolute Gasteiger partial charge is 0.227 e. The van der Waals surface area contributed by atoms with Gasteiger partial charge in [-0.05, 0) is 34.1 Å². The Kier molecular flexibility index (Phi) is 1.61. The molecule has 1 aromatic carbocycles. The number of aromatic nitrogens is 1. The Bertz CT molecular complexity index is 615. The maximum Gasteiger partial charge on any atom is 0.227 e. The highest BCUT2D eigenvalue weighted by Crippen LogP contribution is 2.31. The summed E-state index contributed by atoms with van der Waals surface area (Å²) in [5.74, 6) is 0. The summed E-state index contributed by atoms with van der Waals surface area (Å²) >= 11 is 3.45. The van der Waals surface area contributed by atoms with Crippen molar-refractivity contribution in [3.8, 4) is 0 Å². The van der Waals surface area contributed by atoms with E-state index in [9.17, 15) is 0 Å². The lowest BCUT2D eigenvalue weighted by molar-refractivity contribution is 0.652. The summed E-state index contributed by atoms with van der Waals surface area (Å²) in [6, 6.07) is 9.92. The second-order valence-corrected chi connectivity index (χ2v) is 3.93. The molecule has 0 saturated heterocycles. The molecule has 3 aromatic rings. The molecule has 0 N–H and O–H groups in total. The average molecular weight is 248 g/mol. The second kappa shape index (κ2) is 2.82. The molecular weight excluding hydrogens is 242 g/mol. The lowest BCUT2D eigenvalue weighted by Gasteiger charge is -1.89. The van der Waals surface area contributed by atoms with Crippen LogP contribution in [-0.2, 0) is 0 Å². The van der Waals surface area contributed by atoms with E-state index in [2.05, 4.69) is 20.9 Å². The molecule has 14 heavy (non-hydrogen) atoms. The molecule has 3 heteroatoms. The largest absolute Gasteiger partial charge is 0.437 e. The zero-order valence-electron chi connectivity index (χ0n) is 7.20. The average Bonchev–Trinajstić information content (AvgIpc) is 2.59. The van der Waals surface area contributed by atoms with E-state index in [1.807, 2.05) is 30.3 Å². The van der Waals surface area contributed by atoms with E-state index >= 15 is 0 Å². The predicted molar refractivity (Wildman–Crippen MR) is 59.2 cm³/mol. The second-order valence-electron chi connectivity index (χ2n) is 3.07. The van der Waals surface area contributed by atoms with Crippen molar-refractivity contribution >= 4 is 38.0 Å². The van der Waals surface area contributed by atoms with Gasteiger partial charge in [-0.25, -0.2) is 4.98 Å². The predicted octanol–water partition coefficient (Wildman–Crippen LogP) is 3.74. The molecule has 2 heterocycles. The highest BCUT2D eigenvalue weighted by Gasteiger charge is 2.08. The standard InChI is InChI=1S/C11H6BrNO/c12-9-5-1-3-7-8-4-2-6-13-11(8)14-10(7)9/h1-6H. The van der Waals surface area contributed by atoms with E-state index in [1.165, 1.54) is 0 Å². The monoisotopic (exact) mass is 247 g/mol. The van der Waals surface area contributed by atoms with Crippen LogP contribution >= 0.6 is 15.9 Å². The number of hydrogen-bond donors (Lipinski definition) is 0. The first-order valence-corrected chi connectivity index (χ1v) is 5.07. The van der Waals surface area contributed by atoms with Gasteiger partial charge in [0.15, 0.2) is 5.58 Å². The molecule has 0 fully saturated rings. The van der Waals surface area contributed by atoms with Crippen molar-refractivity contribution < 1.29 is 4.42 Å². The first-order chi connectivity index (χ1) is 6.86. The van der Waals surface area contributed by atoms with Crippen LogP contribution in [0.1, 0.15) is 0 Å². The van der Waals surface area contributed by atoms with Crippen LogP contribution in [0, 0.1) is 0 Å². The van der Waals surface area contributed by atoms with Gasteiger partial charge in [-0.3, -0.25) is 0 Å². The van der Waals surface area contributed by atoms with Crippen molar-refractivity contribution in [1.29, 1.82) is 0 Å². The maximum absolute atomic E-state index is 5.63. The molecule has 0 saturated carbocycles. The summed E-state index contributed by atoms with van der Waals surface area (Å²) in [4.78, 5) is 4.17. The Morgan fingerprint density at radius 1 is 1.07 bits per heavy atom. The molecular formula is C11H6BrNO. The van der Waals surface area contributed by atoms with Gasteiger partial charge in [-0.15, -0.1) is 0 Å². The van der Waals surface area contributed by atoms with Crippen molar-refractivity contribution in [2.45, 2.75) is 0 Å². The molecule has 2 aromatic heterocycles. The molecule has 0 unspecified atom stereocenters. The molecule has 3 rings (SSSR count). The first kappa shape index (κ1) is 8.00. The Morgan fingerprint density at radius 3 is 2.86 bits per heavy atom. The van der Waals surface area contributed by atoms with Gasteiger partial charge in [-0.2, -0.15) is 0 Å². The van der Waals surface area contributed by atoms with E-state index < -0.39 is 0 Å². The van der Waals surface area contributed by atoms with E-state index in [1.54, 1.807) is 6.20 Å². The fourth-order valence-electron chi connectivity index (χ4n) is 1.60. The molecule has 0 atom stereocenters. The first-order valence-electron chi connectivity index (χ1n) is 4.28. The van der Waals surface area contributed by atoms with Crippen molar-refractivity contribution in [1.82, 2.24) is 4.98 Å². The van der Waals surface area contributed by atoms with Crippen LogP contribution in [0.3, 0.4) is 0 Å². The van der Waals surface area contributed by atoms with E-state index in [-0.39, 0.29) is 0 Å². The highest BCUT2D eigenvalue weighted by molar-refractivity contribution is 9.10. The summed E-state index contributed by atoms with van der Waals surface area (Å²) in [5, 5.41) is 2.16. The van der Waals surface area contributed by atoms with Crippen LogP contribution in [0.25, 0.3) is 22.1 Å². The molecule has 0 amide bonds. The van der Waals surface area contributed by atoms with Gasteiger partial charge >= 0.3 is 0 Å². The zero-order chi connectivity index (χ0) is 9.54. The lowest BCUT2D eigenvalue weighted by Crippen LogP contribution is -1.68. The molecule has 0 bridgehead atoms. The Balaban J connectivity index is 2.63. The van der Waals surface area contributed by atoms with E-state index in [4.69, 9.17) is 4.42 Å². The van der Waals surface area contributed by atoms with Crippen molar-refractivity contribution in [2.75, 3.05) is 0 Å². The third-order valence-electron chi connectivity index (χ3n) is 2.23. The molecule has 0 radical (unpaired) electrons. The minimum absolute atomic E-state index is 0.689. The van der Waals surface area contributed by atoms with E-state index in [0.717, 1.165) is 20.8 Å². The normalized spacial score (nSPS) is 11.2. The quantitative estimate of drug-likeness (QED) is 0.605. The van der Waals surface area contributed by atoms with Gasteiger partial charge in [0.25, 0.3) is 0 Å². The Morgan fingerprint density at radius 2 is 1.93 bits per heavy atom. The van der Waals surface area contributed by atoms with Gasteiger partial charge in [0.1, 0.15) is 0 Å². The Hall–Kier alpha value is -1.35. The summed E-state index contributed by atoms with van der Waals surface area (Å²) in [5.41, 5.74) is 1.55. The van der Waals surface area contributed by atoms with E-state index in [0.29, 0.717) is 5.71 Å². The number of hydrogen-bond acceptors (Lipinski definition) is 2. The lowest BCUT2D eigenvalue weighted by atomic mass is 10.2. The SMILES string of the molecule is Brc1cccc2c1oc1ncccc12. The van der Waals surface area contributed by atoms with Crippen LogP contribution in [0.4, 0.5) is 0 Å².